The number of rotatable bonds is 5. The lowest BCUT2D eigenvalue weighted by atomic mass is 9.91. The van der Waals surface area contributed by atoms with Gasteiger partial charge in [-0.05, 0) is 37.6 Å². The van der Waals surface area contributed by atoms with Crippen LogP contribution in [0.15, 0.2) is 0 Å². The highest BCUT2D eigenvalue weighted by Crippen LogP contribution is 2.21. The van der Waals surface area contributed by atoms with Crippen molar-refractivity contribution < 1.29 is 4.79 Å². The molecule has 0 aromatic heterocycles. The maximum absolute atomic E-state index is 11.9. The Morgan fingerprint density at radius 2 is 1.81 bits per heavy atom. The van der Waals surface area contributed by atoms with E-state index in [9.17, 15) is 4.79 Å². The fourth-order valence-corrected chi connectivity index (χ4v) is 2.62. The molecule has 2 unspecified atom stereocenters. The Labute approximate surface area is 99.4 Å². The quantitative estimate of drug-likeness (QED) is 0.729. The van der Waals surface area contributed by atoms with Crippen molar-refractivity contribution in [2.24, 2.45) is 17.6 Å². The van der Waals surface area contributed by atoms with Gasteiger partial charge in [0.15, 0.2) is 0 Å². The average Bonchev–Trinajstić information content (AvgIpc) is 2.22. The van der Waals surface area contributed by atoms with Crippen LogP contribution in [0.2, 0.25) is 0 Å². The standard InChI is InChI=1S/C13H26N2O/c1-11-8-12(2)10-15(9-11)13(16)6-4-3-5-7-14/h11-12H,3-10,14H2,1-2H3. The van der Waals surface area contributed by atoms with Crippen molar-refractivity contribution in [1.29, 1.82) is 0 Å². The van der Waals surface area contributed by atoms with E-state index in [4.69, 9.17) is 5.73 Å². The molecule has 1 aliphatic heterocycles. The Balaban J connectivity index is 2.24. The van der Waals surface area contributed by atoms with Crippen molar-refractivity contribution >= 4 is 5.91 Å². The summed E-state index contributed by atoms with van der Waals surface area (Å²) in [5.41, 5.74) is 5.43. The van der Waals surface area contributed by atoms with Crippen LogP contribution in [-0.4, -0.2) is 30.4 Å². The molecule has 0 radical (unpaired) electrons. The van der Waals surface area contributed by atoms with E-state index in [1.54, 1.807) is 0 Å². The molecule has 16 heavy (non-hydrogen) atoms. The minimum absolute atomic E-state index is 0.343. The summed E-state index contributed by atoms with van der Waals surface area (Å²) in [5, 5.41) is 0. The van der Waals surface area contributed by atoms with Gasteiger partial charge < -0.3 is 10.6 Å². The predicted octanol–water partition coefficient (Wildman–Crippen LogP) is 2.01. The number of likely N-dealkylation sites (tertiary alicyclic amines) is 1. The summed E-state index contributed by atoms with van der Waals surface area (Å²) < 4.78 is 0. The van der Waals surface area contributed by atoms with Crippen molar-refractivity contribution in [2.45, 2.75) is 46.0 Å². The van der Waals surface area contributed by atoms with E-state index in [1.807, 2.05) is 0 Å². The molecule has 2 atom stereocenters. The predicted molar refractivity (Wildman–Crippen MR) is 67.0 cm³/mol. The molecule has 0 aliphatic carbocycles. The van der Waals surface area contributed by atoms with Gasteiger partial charge in [0, 0.05) is 19.5 Å². The number of nitrogens with zero attached hydrogens (tertiary/aromatic N) is 1. The normalized spacial score (nSPS) is 25.8. The van der Waals surface area contributed by atoms with Crippen molar-refractivity contribution in [1.82, 2.24) is 4.90 Å². The molecule has 0 spiro atoms. The Morgan fingerprint density at radius 1 is 1.19 bits per heavy atom. The van der Waals surface area contributed by atoms with E-state index < -0.39 is 0 Å². The second-order valence-electron chi connectivity index (χ2n) is 5.34. The summed E-state index contributed by atoms with van der Waals surface area (Å²) in [4.78, 5) is 14.0. The maximum atomic E-state index is 11.9. The first-order chi connectivity index (χ1) is 7.63. The van der Waals surface area contributed by atoms with Crippen LogP contribution in [0, 0.1) is 11.8 Å². The van der Waals surface area contributed by atoms with Gasteiger partial charge in [-0.1, -0.05) is 20.3 Å². The number of unbranched alkanes of at least 4 members (excludes halogenated alkanes) is 2. The number of amides is 1. The summed E-state index contributed by atoms with van der Waals surface area (Å²) in [7, 11) is 0. The lowest BCUT2D eigenvalue weighted by Crippen LogP contribution is -2.42. The van der Waals surface area contributed by atoms with E-state index in [2.05, 4.69) is 18.7 Å². The Kier molecular flexibility index (Phi) is 5.81. The molecule has 1 amide bonds. The number of nitrogens with two attached hydrogens (primary N) is 1. The molecule has 1 aliphatic rings. The number of carbonyl (C=O) groups excluding carboxylic acids is 1. The third kappa shape index (κ3) is 4.52. The Morgan fingerprint density at radius 3 is 2.38 bits per heavy atom. The van der Waals surface area contributed by atoms with Crippen LogP contribution in [0.5, 0.6) is 0 Å². The SMILES string of the molecule is CC1CC(C)CN(C(=O)CCCCCN)C1. The van der Waals surface area contributed by atoms with Crippen LogP contribution in [0.4, 0.5) is 0 Å². The molecule has 1 rings (SSSR count). The summed E-state index contributed by atoms with van der Waals surface area (Å²) in [6, 6.07) is 0. The fraction of sp³-hybridized carbons (Fsp3) is 0.923. The van der Waals surface area contributed by atoms with Gasteiger partial charge in [-0.25, -0.2) is 0 Å². The summed E-state index contributed by atoms with van der Waals surface area (Å²) in [6.07, 6.45) is 5.09. The van der Waals surface area contributed by atoms with Gasteiger partial charge in [-0.2, -0.15) is 0 Å². The van der Waals surface area contributed by atoms with Gasteiger partial charge in [-0.3, -0.25) is 4.79 Å². The molecule has 3 heteroatoms. The highest BCUT2D eigenvalue weighted by atomic mass is 16.2. The molecule has 1 saturated heterocycles. The Hall–Kier alpha value is -0.570. The van der Waals surface area contributed by atoms with E-state index in [1.165, 1.54) is 6.42 Å². The molecule has 1 fully saturated rings. The van der Waals surface area contributed by atoms with Crippen LogP contribution >= 0.6 is 0 Å². The third-order valence-electron chi connectivity index (χ3n) is 3.32. The fourth-order valence-electron chi connectivity index (χ4n) is 2.62. The zero-order valence-corrected chi connectivity index (χ0v) is 10.7. The van der Waals surface area contributed by atoms with Gasteiger partial charge in [-0.15, -0.1) is 0 Å². The monoisotopic (exact) mass is 226 g/mol. The van der Waals surface area contributed by atoms with Crippen molar-refractivity contribution in [3.63, 3.8) is 0 Å². The first kappa shape index (κ1) is 13.5. The van der Waals surface area contributed by atoms with Crippen LogP contribution in [-0.2, 0) is 4.79 Å². The average molecular weight is 226 g/mol. The minimum atomic E-state index is 0.343. The number of carbonyl (C=O) groups is 1. The Bertz CT molecular complexity index is 208. The topological polar surface area (TPSA) is 46.3 Å². The van der Waals surface area contributed by atoms with Crippen LogP contribution in [0.25, 0.3) is 0 Å². The van der Waals surface area contributed by atoms with Crippen LogP contribution in [0.1, 0.15) is 46.0 Å². The summed E-state index contributed by atoms with van der Waals surface area (Å²) >= 11 is 0. The van der Waals surface area contributed by atoms with E-state index in [-0.39, 0.29) is 0 Å². The van der Waals surface area contributed by atoms with Crippen LogP contribution < -0.4 is 5.73 Å². The molecular weight excluding hydrogens is 200 g/mol. The van der Waals surface area contributed by atoms with Crippen molar-refractivity contribution in [3.8, 4) is 0 Å². The molecule has 0 saturated carbocycles. The van der Waals surface area contributed by atoms with E-state index >= 15 is 0 Å². The van der Waals surface area contributed by atoms with Gasteiger partial charge in [0.25, 0.3) is 0 Å². The highest BCUT2D eigenvalue weighted by Gasteiger charge is 2.24. The lowest BCUT2D eigenvalue weighted by molar-refractivity contribution is -0.134. The third-order valence-corrected chi connectivity index (χ3v) is 3.32. The molecule has 1 heterocycles. The molecule has 2 N–H and O–H groups in total. The maximum Gasteiger partial charge on any atom is 0.222 e. The molecule has 94 valence electrons. The zero-order valence-electron chi connectivity index (χ0n) is 10.7. The number of hydrogen-bond acceptors (Lipinski definition) is 2. The minimum Gasteiger partial charge on any atom is -0.342 e. The summed E-state index contributed by atoms with van der Waals surface area (Å²) in [6.45, 7) is 7.14. The van der Waals surface area contributed by atoms with E-state index in [0.717, 1.165) is 38.9 Å². The first-order valence-corrected chi connectivity index (χ1v) is 6.61. The smallest absolute Gasteiger partial charge is 0.222 e. The van der Waals surface area contributed by atoms with Gasteiger partial charge in [0.05, 0.1) is 0 Å². The van der Waals surface area contributed by atoms with Crippen molar-refractivity contribution in [3.05, 3.63) is 0 Å². The second-order valence-corrected chi connectivity index (χ2v) is 5.34. The van der Waals surface area contributed by atoms with Crippen LogP contribution in [0.3, 0.4) is 0 Å². The lowest BCUT2D eigenvalue weighted by Gasteiger charge is -2.35. The number of hydrogen-bond donors (Lipinski definition) is 1. The van der Waals surface area contributed by atoms with Gasteiger partial charge in [0.1, 0.15) is 0 Å². The van der Waals surface area contributed by atoms with E-state index in [0.29, 0.717) is 24.2 Å². The molecule has 3 nitrogen and oxygen atoms in total. The van der Waals surface area contributed by atoms with Crippen molar-refractivity contribution in [2.75, 3.05) is 19.6 Å². The number of piperidine rings is 1. The second kappa shape index (κ2) is 6.89. The molecule has 0 bridgehead atoms. The van der Waals surface area contributed by atoms with Gasteiger partial charge >= 0.3 is 0 Å². The molecule has 0 aromatic carbocycles. The van der Waals surface area contributed by atoms with Gasteiger partial charge in [0.2, 0.25) is 5.91 Å². The first-order valence-electron chi connectivity index (χ1n) is 6.61. The molecular formula is C13H26N2O. The largest absolute Gasteiger partial charge is 0.342 e. The zero-order chi connectivity index (χ0) is 12.0. The highest BCUT2D eigenvalue weighted by molar-refractivity contribution is 5.76. The molecule has 0 aromatic rings. The summed E-state index contributed by atoms with van der Waals surface area (Å²) in [5.74, 6) is 1.67.